The Morgan fingerprint density at radius 3 is 2.55 bits per heavy atom. The maximum Gasteiger partial charge on any atom is 0.254 e. The van der Waals surface area contributed by atoms with E-state index in [9.17, 15) is 14.3 Å². The van der Waals surface area contributed by atoms with Gasteiger partial charge in [0.25, 0.3) is 5.91 Å². The molecule has 1 aromatic carbocycles. The topological polar surface area (TPSA) is 67.2 Å². The number of benzene rings is 1. The summed E-state index contributed by atoms with van der Waals surface area (Å²) in [7, 11) is 0. The lowest BCUT2D eigenvalue weighted by atomic mass is 10.1. The average Bonchev–Trinajstić information content (AvgIpc) is 2.87. The molecule has 0 spiro atoms. The summed E-state index contributed by atoms with van der Waals surface area (Å²) in [6.45, 7) is 5.86. The Labute approximate surface area is 128 Å². The van der Waals surface area contributed by atoms with E-state index < -0.39 is 6.10 Å². The van der Waals surface area contributed by atoms with Gasteiger partial charge in [-0.2, -0.15) is 5.10 Å². The highest BCUT2D eigenvalue weighted by Crippen LogP contribution is 2.15. The molecule has 1 amide bonds. The van der Waals surface area contributed by atoms with Gasteiger partial charge in [-0.15, -0.1) is 0 Å². The van der Waals surface area contributed by atoms with Gasteiger partial charge in [0, 0.05) is 18.3 Å². The van der Waals surface area contributed by atoms with Crippen molar-refractivity contribution in [1.29, 1.82) is 0 Å². The molecule has 1 aromatic heterocycles. The molecule has 1 unspecified atom stereocenters. The van der Waals surface area contributed by atoms with Gasteiger partial charge in [0.2, 0.25) is 0 Å². The maximum atomic E-state index is 12.8. The lowest BCUT2D eigenvalue weighted by Crippen LogP contribution is -2.28. The maximum absolute atomic E-state index is 12.8. The fraction of sp³-hybridized carbons (Fsp3) is 0.375. The van der Waals surface area contributed by atoms with Crippen molar-refractivity contribution in [3.8, 4) is 0 Å². The molecule has 0 saturated heterocycles. The fourth-order valence-corrected chi connectivity index (χ4v) is 2.25. The van der Waals surface area contributed by atoms with Crippen molar-refractivity contribution >= 4 is 5.91 Å². The van der Waals surface area contributed by atoms with E-state index in [0.717, 1.165) is 5.69 Å². The number of aliphatic hydroxyl groups excluding tert-OH is 1. The first kappa shape index (κ1) is 16.2. The van der Waals surface area contributed by atoms with E-state index in [0.29, 0.717) is 11.1 Å². The van der Waals surface area contributed by atoms with Crippen LogP contribution < -0.4 is 5.32 Å². The van der Waals surface area contributed by atoms with Crippen molar-refractivity contribution in [2.24, 2.45) is 0 Å². The van der Waals surface area contributed by atoms with Crippen LogP contribution in [0.3, 0.4) is 0 Å². The van der Waals surface area contributed by atoms with Crippen molar-refractivity contribution in [1.82, 2.24) is 15.1 Å². The zero-order chi connectivity index (χ0) is 16.3. The molecule has 1 heterocycles. The zero-order valence-electron chi connectivity index (χ0n) is 12.9. The van der Waals surface area contributed by atoms with E-state index >= 15 is 0 Å². The van der Waals surface area contributed by atoms with Gasteiger partial charge in [0.15, 0.2) is 0 Å². The van der Waals surface area contributed by atoms with Crippen molar-refractivity contribution < 1.29 is 14.3 Å². The van der Waals surface area contributed by atoms with Crippen LogP contribution in [0.5, 0.6) is 0 Å². The molecule has 2 rings (SSSR count). The minimum absolute atomic E-state index is 0.0523. The Morgan fingerprint density at radius 1 is 1.36 bits per heavy atom. The SMILES string of the molecule is Cc1c(C(=O)NCC(O)c2ccc(F)cc2)cnn1C(C)C. The standard InChI is InChI=1S/C16H20FN3O2/c1-10(2)20-11(3)14(8-19-20)16(22)18-9-15(21)12-4-6-13(17)7-5-12/h4-8,10,15,21H,9H2,1-3H3,(H,18,22). The second kappa shape index (κ2) is 6.70. The summed E-state index contributed by atoms with van der Waals surface area (Å²) < 4.78 is 14.6. The molecule has 0 aliphatic carbocycles. The normalized spacial score (nSPS) is 12.5. The second-order valence-electron chi connectivity index (χ2n) is 5.46. The Kier molecular flexibility index (Phi) is 4.92. The largest absolute Gasteiger partial charge is 0.387 e. The Hall–Kier alpha value is -2.21. The van der Waals surface area contributed by atoms with Gasteiger partial charge in [-0.05, 0) is 38.5 Å². The summed E-state index contributed by atoms with van der Waals surface area (Å²) in [5.41, 5.74) is 1.82. The third kappa shape index (κ3) is 3.51. The quantitative estimate of drug-likeness (QED) is 0.891. The predicted molar refractivity (Wildman–Crippen MR) is 81.0 cm³/mol. The van der Waals surface area contributed by atoms with Gasteiger partial charge in [0.1, 0.15) is 5.82 Å². The minimum atomic E-state index is -0.884. The molecule has 0 aliphatic rings. The molecular formula is C16H20FN3O2. The van der Waals surface area contributed by atoms with Gasteiger partial charge in [-0.25, -0.2) is 4.39 Å². The number of hydrogen-bond acceptors (Lipinski definition) is 3. The smallest absolute Gasteiger partial charge is 0.254 e. The van der Waals surface area contributed by atoms with Crippen LogP contribution in [0.4, 0.5) is 4.39 Å². The first-order valence-electron chi connectivity index (χ1n) is 7.16. The monoisotopic (exact) mass is 305 g/mol. The zero-order valence-corrected chi connectivity index (χ0v) is 12.9. The number of nitrogens with zero attached hydrogens (tertiary/aromatic N) is 2. The number of nitrogens with one attached hydrogen (secondary N) is 1. The second-order valence-corrected chi connectivity index (χ2v) is 5.46. The van der Waals surface area contributed by atoms with Crippen LogP contribution in [0, 0.1) is 12.7 Å². The van der Waals surface area contributed by atoms with Gasteiger partial charge in [0.05, 0.1) is 17.9 Å². The predicted octanol–water partition coefficient (Wildman–Crippen LogP) is 2.37. The van der Waals surface area contributed by atoms with Crippen LogP contribution in [0.1, 0.15) is 47.6 Å². The number of hydrogen-bond donors (Lipinski definition) is 2. The first-order valence-corrected chi connectivity index (χ1v) is 7.16. The molecular weight excluding hydrogens is 285 g/mol. The highest BCUT2D eigenvalue weighted by atomic mass is 19.1. The Balaban J connectivity index is 1.99. The van der Waals surface area contributed by atoms with Crippen LogP contribution in [0.2, 0.25) is 0 Å². The van der Waals surface area contributed by atoms with Crippen molar-refractivity contribution in [3.05, 3.63) is 53.1 Å². The highest BCUT2D eigenvalue weighted by Gasteiger charge is 2.17. The molecule has 0 fully saturated rings. The van der Waals surface area contributed by atoms with E-state index in [-0.39, 0.29) is 24.3 Å². The van der Waals surface area contributed by atoms with Crippen molar-refractivity contribution in [2.45, 2.75) is 32.9 Å². The van der Waals surface area contributed by atoms with E-state index in [4.69, 9.17) is 0 Å². The number of rotatable bonds is 5. The first-order chi connectivity index (χ1) is 10.4. The summed E-state index contributed by atoms with van der Waals surface area (Å²) in [5, 5.41) is 16.9. The lowest BCUT2D eigenvalue weighted by molar-refractivity contribution is 0.0915. The van der Waals surface area contributed by atoms with E-state index in [1.165, 1.54) is 30.5 Å². The van der Waals surface area contributed by atoms with E-state index in [2.05, 4.69) is 10.4 Å². The fourth-order valence-electron chi connectivity index (χ4n) is 2.25. The molecule has 6 heteroatoms. The highest BCUT2D eigenvalue weighted by molar-refractivity contribution is 5.95. The van der Waals surface area contributed by atoms with Gasteiger partial charge in [-0.3, -0.25) is 9.48 Å². The number of aliphatic hydroxyl groups is 1. The summed E-state index contributed by atoms with van der Waals surface area (Å²) >= 11 is 0. The lowest BCUT2D eigenvalue weighted by Gasteiger charge is -2.12. The minimum Gasteiger partial charge on any atom is -0.387 e. The van der Waals surface area contributed by atoms with E-state index in [1.807, 2.05) is 20.8 Å². The number of carbonyl (C=O) groups is 1. The van der Waals surface area contributed by atoms with Crippen LogP contribution >= 0.6 is 0 Å². The van der Waals surface area contributed by atoms with Crippen LogP contribution in [-0.2, 0) is 0 Å². The van der Waals surface area contributed by atoms with Gasteiger partial charge >= 0.3 is 0 Å². The number of amides is 1. The summed E-state index contributed by atoms with van der Waals surface area (Å²) in [5.74, 6) is -0.651. The molecule has 2 aromatic rings. The average molecular weight is 305 g/mol. The molecule has 0 radical (unpaired) electrons. The molecule has 22 heavy (non-hydrogen) atoms. The molecule has 0 saturated carbocycles. The van der Waals surface area contributed by atoms with Crippen LogP contribution in [0.15, 0.2) is 30.5 Å². The molecule has 5 nitrogen and oxygen atoms in total. The summed E-state index contributed by atoms with van der Waals surface area (Å²) in [6.07, 6.45) is 0.638. The van der Waals surface area contributed by atoms with Crippen molar-refractivity contribution in [2.75, 3.05) is 6.54 Å². The third-order valence-corrected chi connectivity index (χ3v) is 3.49. The summed E-state index contributed by atoms with van der Waals surface area (Å²) in [6, 6.07) is 5.71. The van der Waals surface area contributed by atoms with Crippen molar-refractivity contribution in [3.63, 3.8) is 0 Å². The summed E-state index contributed by atoms with van der Waals surface area (Å²) in [4.78, 5) is 12.2. The van der Waals surface area contributed by atoms with Gasteiger partial charge in [-0.1, -0.05) is 12.1 Å². The Morgan fingerprint density at radius 2 is 2.00 bits per heavy atom. The molecule has 0 aliphatic heterocycles. The molecule has 2 N–H and O–H groups in total. The Bertz CT molecular complexity index is 650. The van der Waals surface area contributed by atoms with E-state index in [1.54, 1.807) is 4.68 Å². The van der Waals surface area contributed by atoms with Crippen LogP contribution in [0.25, 0.3) is 0 Å². The molecule has 118 valence electrons. The van der Waals surface area contributed by atoms with Crippen LogP contribution in [-0.4, -0.2) is 27.3 Å². The van der Waals surface area contributed by atoms with Gasteiger partial charge < -0.3 is 10.4 Å². The third-order valence-electron chi connectivity index (χ3n) is 3.49. The molecule has 0 bridgehead atoms. The number of halogens is 1. The number of aromatic nitrogens is 2. The number of carbonyl (C=O) groups excluding carboxylic acids is 1. The molecule has 1 atom stereocenters.